The molecule has 2 atom stereocenters. The van der Waals surface area contributed by atoms with Gasteiger partial charge in [0.25, 0.3) is 5.91 Å². The van der Waals surface area contributed by atoms with Crippen molar-refractivity contribution in [3.8, 4) is 0 Å². The van der Waals surface area contributed by atoms with Crippen molar-refractivity contribution in [2.45, 2.75) is 18.7 Å². The van der Waals surface area contributed by atoms with Gasteiger partial charge >= 0.3 is 6.09 Å². The number of amides is 2. The number of hydrogen-bond acceptors (Lipinski definition) is 5. The molecule has 1 saturated heterocycles. The molecule has 188 valence electrons. The number of nitrogens with one attached hydrogen (secondary N) is 1. The molecule has 1 aromatic heterocycles. The van der Waals surface area contributed by atoms with Crippen LogP contribution in [0.2, 0.25) is 0 Å². The molecule has 37 heavy (non-hydrogen) atoms. The van der Waals surface area contributed by atoms with E-state index in [4.69, 9.17) is 4.74 Å². The van der Waals surface area contributed by atoms with Crippen LogP contribution in [-0.2, 0) is 17.0 Å². The van der Waals surface area contributed by atoms with Gasteiger partial charge in [-0.2, -0.15) is 0 Å². The molecule has 3 aromatic carbocycles. The summed E-state index contributed by atoms with van der Waals surface area (Å²) in [6.45, 7) is 1.64. The number of anilines is 1. The van der Waals surface area contributed by atoms with Crippen LogP contribution in [0.15, 0.2) is 72.8 Å². The zero-order chi connectivity index (χ0) is 25.6. The average Bonchev–Trinajstić information content (AvgIpc) is 3.63. The number of benzene rings is 3. The van der Waals surface area contributed by atoms with Crippen molar-refractivity contribution in [2.75, 3.05) is 24.7 Å². The minimum absolute atomic E-state index is 0.105. The molecule has 0 spiro atoms. The number of carbonyl (C=O) groups excluding carboxylic acids is 1. The normalized spacial score (nSPS) is 20.9. The Labute approximate surface area is 212 Å². The van der Waals surface area contributed by atoms with Gasteiger partial charge in [0.2, 0.25) is 5.95 Å². The number of aromatic nitrogens is 2. The summed E-state index contributed by atoms with van der Waals surface area (Å²) in [4.78, 5) is 35.7. The van der Waals surface area contributed by atoms with Crippen molar-refractivity contribution < 1.29 is 24.5 Å². The largest absolute Gasteiger partial charge is 0.465 e. The zero-order valence-electron chi connectivity index (χ0n) is 20.0. The second-order valence-corrected chi connectivity index (χ2v) is 9.51. The van der Waals surface area contributed by atoms with Crippen molar-refractivity contribution in [1.82, 2.24) is 14.9 Å². The number of hydrogen-bond donors (Lipinski definition) is 3. The summed E-state index contributed by atoms with van der Waals surface area (Å²) in [5.74, 6) is 0.0545. The maximum atomic E-state index is 13.5. The summed E-state index contributed by atoms with van der Waals surface area (Å²) >= 11 is 0. The first kappa shape index (κ1) is 23.2. The fraction of sp³-hybridized carbons (Fsp3) is 0.250. The lowest BCUT2D eigenvalue weighted by Gasteiger charge is -2.35. The lowest BCUT2D eigenvalue weighted by atomic mass is 9.93. The van der Waals surface area contributed by atoms with E-state index in [1.807, 2.05) is 30.3 Å². The molecular formula is C28H26N4O5. The van der Waals surface area contributed by atoms with Crippen molar-refractivity contribution in [2.24, 2.45) is 5.92 Å². The highest BCUT2D eigenvalue weighted by atomic mass is 16.5. The topological polar surface area (TPSA) is 119 Å². The van der Waals surface area contributed by atoms with E-state index >= 15 is 0 Å². The number of carbonyl (C=O) groups is 2. The van der Waals surface area contributed by atoms with Crippen LogP contribution in [0.4, 0.5) is 10.7 Å². The second-order valence-electron chi connectivity index (χ2n) is 9.51. The maximum absolute atomic E-state index is 13.5. The van der Waals surface area contributed by atoms with Gasteiger partial charge in [0.05, 0.1) is 17.6 Å². The second kappa shape index (κ2) is 9.02. The summed E-state index contributed by atoms with van der Waals surface area (Å²) < 4.78 is 5.40. The predicted molar refractivity (Wildman–Crippen MR) is 136 cm³/mol. The molecule has 0 radical (unpaired) electrons. The van der Waals surface area contributed by atoms with Gasteiger partial charge in [-0.1, -0.05) is 54.6 Å². The van der Waals surface area contributed by atoms with E-state index in [9.17, 15) is 19.8 Å². The minimum Gasteiger partial charge on any atom is -0.465 e. The van der Waals surface area contributed by atoms with E-state index in [-0.39, 0.29) is 30.9 Å². The van der Waals surface area contributed by atoms with Crippen LogP contribution in [0.1, 0.15) is 33.5 Å². The van der Waals surface area contributed by atoms with E-state index < -0.39 is 11.8 Å². The Morgan fingerprint density at radius 1 is 1.14 bits per heavy atom. The van der Waals surface area contributed by atoms with E-state index in [2.05, 4.69) is 9.97 Å². The first-order chi connectivity index (χ1) is 17.9. The number of rotatable bonds is 6. The van der Waals surface area contributed by atoms with Crippen LogP contribution in [0.3, 0.4) is 0 Å². The van der Waals surface area contributed by atoms with Gasteiger partial charge < -0.3 is 19.9 Å². The van der Waals surface area contributed by atoms with Crippen LogP contribution in [-0.4, -0.2) is 56.8 Å². The third-order valence-electron chi connectivity index (χ3n) is 7.18. The molecule has 9 heteroatoms. The summed E-state index contributed by atoms with van der Waals surface area (Å²) in [5, 5.41) is 22.0. The van der Waals surface area contributed by atoms with E-state index in [1.165, 1.54) is 9.80 Å². The first-order valence-electron chi connectivity index (χ1n) is 12.2. The maximum Gasteiger partial charge on any atom is 0.414 e. The lowest BCUT2D eigenvalue weighted by Crippen LogP contribution is -2.44. The third-order valence-corrected chi connectivity index (χ3v) is 7.18. The smallest absolute Gasteiger partial charge is 0.414 e. The fourth-order valence-electron chi connectivity index (χ4n) is 5.26. The zero-order valence-corrected chi connectivity index (χ0v) is 20.0. The molecule has 2 aliphatic rings. The average molecular weight is 499 g/mol. The highest BCUT2D eigenvalue weighted by Gasteiger charge is 2.49. The number of ether oxygens (including phenoxy) is 1. The van der Waals surface area contributed by atoms with Crippen LogP contribution >= 0.6 is 0 Å². The molecule has 2 aliphatic heterocycles. The lowest BCUT2D eigenvalue weighted by molar-refractivity contribution is -0.0542. The molecular weight excluding hydrogens is 472 g/mol. The quantitative estimate of drug-likeness (QED) is 0.371. The van der Waals surface area contributed by atoms with Gasteiger partial charge in [-0.05, 0) is 30.2 Å². The molecule has 3 N–H and O–H groups in total. The molecule has 4 aromatic rings. The van der Waals surface area contributed by atoms with Crippen LogP contribution < -0.4 is 4.90 Å². The number of aliphatic hydroxyl groups is 1. The molecule has 2 unspecified atom stereocenters. The van der Waals surface area contributed by atoms with Crippen molar-refractivity contribution in [3.63, 3.8) is 0 Å². The highest BCUT2D eigenvalue weighted by molar-refractivity contribution is 6.00. The first-order valence-corrected chi connectivity index (χ1v) is 12.2. The van der Waals surface area contributed by atoms with Crippen LogP contribution in [0.5, 0.6) is 0 Å². The van der Waals surface area contributed by atoms with Gasteiger partial charge in [-0.3, -0.25) is 9.69 Å². The van der Waals surface area contributed by atoms with Crippen LogP contribution in [0.25, 0.3) is 11.0 Å². The van der Waals surface area contributed by atoms with Crippen molar-refractivity contribution in [3.05, 3.63) is 95.1 Å². The van der Waals surface area contributed by atoms with Crippen molar-refractivity contribution >= 4 is 29.0 Å². The van der Waals surface area contributed by atoms with Gasteiger partial charge in [0.1, 0.15) is 0 Å². The number of nitrogens with zero attached hydrogens (tertiary/aromatic N) is 3. The predicted octanol–water partition coefficient (Wildman–Crippen LogP) is 3.93. The summed E-state index contributed by atoms with van der Waals surface area (Å²) in [7, 11) is 0. The van der Waals surface area contributed by atoms with E-state index in [1.54, 1.807) is 42.5 Å². The Bertz CT molecular complexity index is 1480. The molecule has 0 aliphatic carbocycles. The third kappa shape index (κ3) is 3.92. The Hall–Kier alpha value is -4.21. The summed E-state index contributed by atoms with van der Waals surface area (Å²) in [5.41, 5.74) is 1.73. The van der Waals surface area contributed by atoms with Gasteiger partial charge in [-0.15, -0.1) is 0 Å². The minimum atomic E-state index is -1.71. The van der Waals surface area contributed by atoms with E-state index in [0.717, 1.165) is 12.0 Å². The molecule has 0 saturated carbocycles. The van der Waals surface area contributed by atoms with Crippen LogP contribution in [0, 0.1) is 5.92 Å². The SMILES string of the molecule is O=C(O)N(CC1CCOC1)c1nc2ccc(C3(O)c4ccccc4C(=O)N3Cc3ccccc3)cc2[nH]1. The summed E-state index contributed by atoms with van der Waals surface area (Å²) in [6, 6.07) is 21.8. The molecule has 3 heterocycles. The Morgan fingerprint density at radius 3 is 2.68 bits per heavy atom. The Morgan fingerprint density at radius 2 is 1.92 bits per heavy atom. The molecule has 2 amide bonds. The van der Waals surface area contributed by atoms with E-state index in [0.29, 0.717) is 40.9 Å². The molecule has 0 bridgehead atoms. The van der Waals surface area contributed by atoms with Gasteiger partial charge in [0.15, 0.2) is 5.72 Å². The van der Waals surface area contributed by atoms with Gasteiger partial charge in [0, 0.05) is 42.3 Å². The Balaban J connectivity index is 1.41. The number of fused-ring (bicyclic) bond motifs is 2. The number of imidazole rings is 1. The molecule has 6 rings (SSSR count). The fourth-order valence-corrected chi connectivity index (χ4v) is 5.26. The standard InChI is InChI=1S/C28H26N4O5/c33-25-21-8-4-5-9-22(21)28(36,32(25)16-18-6-2-1-3-7-18)20-10-11-23-24(14-20)30-26(29-23)31(27(34)35)15-19-12-13-37-17-19/h1-11,14,19,36H,12-13,15-17H2,(H,29,30)(H,34,35). The number of H-pyrrole nitrogens is 1. The Kier molecular flexibility index (Phi) is 5.66. The highest BCUT2D eigenvalue weighted by Crippen LogP contribution is 2.43. The van der Waals surface area contributed by atoms with Crippen molar-refractivity contribution in [1.29, 1.82) is 0 Å². The van der Waals surface area contributed by atoms with Gasteiger partial charge in [-0.25, -0.2) is 14.7 Å². The number of carboxylic acid groups (broad SMARTS) is 1. The monoisotopic (exact) mass is 498 g/mol. The molecule has 1 fully saturated rings. The molecule has 9 nitrogen and oxygen atoms in total. The number of aromatic amines is 1. The summed E-state index contributed by atoms with van der Waals surface area (Å²) in [6.07, 6.45) is -0.305.